The highest BCUT2D eigenvalue weighted by atomic mass is 32.1. The molecule has 0 saturated carbocycles. The Morgan fingerprint density at radius 1 is 1.22 bits per heavy atom. The Hall–Kier alpha value is -0.355. The monoisotopic (exact) mass is 268 g/mol. The molecule has 18 heavy (non-hydrogen) atoms. The normalized spacial score (nSPS) is 21.5. The van der Waals surface area contributed by atoms with Gasteiger partial charge in [-0.3, -0.25) is 0 Å². The van der Waals surface area contributed by atoms with Gasteiger partial charge in [0.15, 0.2) is 0 Å². The second kappa shape index (κ2) is 4.97. The molecule has 1 aromatic rings. The smallest absolute Gasteiger partial charge is 0.399 e. The van der Waals surface area contributed by atoms with Gasteiger partial charge in [0.2, 0.25) is 0 Å². The van der Waals surface area contributed by atoms with Crippen LogP contribution in [0.2, 0.25) is 0 Å². The van der Waals surface area contributed by atoms with Crippen LogP contribution in [0, 0.1) is 0 Å². The maximum Gasteiger partial charge on any atom is 0.495 e. The molecule has 0 atom stereocenters. The lowest BCUT2D eigenvalue weighted by molar-refractivity contribution is 0.00578. The molecule has 1 aliphatic rings. The van der Waals surface area contributed by atoms with Crippen LogP contribution in [0.15, 0.2) is 11.4 Å². The second-order valence-corrected chi connectivity index (χ2v) is 6.57. The van der Waals surface area contributed by atoms with E-state index in [1.165, 1.54) is 4.88 Å². The number of thiophene rings is 1. The SMILES string of the molecule is CCOCc1cc(B2OC(C)(C)C(C)(C)O2)cs1. The van der Waals surface area contributed by atoms with Crippen LogP contribution < -0.4 is 5.46 Å². The van der Waals surface area contributed by atoms with Gasteiger partial charge < -0.3 is 14.0 Å². The van der Waals surface area contributed by atoms with Crippen molar-refractivity contribution in [2.45, 2.75) is 52.4 Å². The minimum absolute atomic E-state index is 0.262. The molecule has 0 unspecified atom stereocenters. The summed E-state index contributed by atoms with van der Waals surface area (Å²) in [6, 6.07) is 2.11. The molecule has 0 amide bonds. The van der Waals surface area contributed by atoms with Crippen molar-refractivity contribution >= 4 is 23.9 Å². The third kappa shape index (κ3) is 2.64. The molecule has 2 rings (SSSR count). The van der Waals surface area contributed by atoms with Crippen molar-refractivity contribution in [2.24, 2.45) is 0 Å². The quantitative estimate of drug-likeness (QED) is 0.785. The van der Waals surface area contributed by atoms with E-state index in [0.29, 0.717) is 6.61 Å². The molecule has 0 aliphatic carbocycles. The highest BCUT2D eigenvalue weighted by Crippen LogP contribution is 2.36. The number of ether oxygens (including phenoxy) is 1. The van der Waals surface area contributed by atoms with Crippen LogP contribution in [0.5, 0.6) is 0 Å². The zero-order valence-corrected chi connectivity index (χ0v) is 12.6. The fraction of sp³-hybridized carbons (Fsp3) is 0.692. The first-order chi connectivity index (χ1) is 8.36. The molecule has 5 heteroatoms. The molecule has 0 spiro atoms. The third-order valence-electron chi connectivity index (χ3n) is 3.65. The fourth-order valence-electron chi connectivity index (χ4n) is 1.78. The Kier molecular flexibility index (Phi) is 3.88. The Labute approximate surface area is 114 Å². The standard InChI is InChI=1S/C13H21BO3S/c1-6-15-8-11-7-10(9-18-11)14-16-12(2,3)13(4,5)17-14/h7,9H,6,8H2,1-5H3. The van der Waals surface area contributed by atoms with Crippen LogP contribution in [-0.2, 0) is 20.7 Å². The summed E-state index contributed by atoms with van der Waals surface area (Å²) in [6.45, 7) is 11.7. The first-order valence-corrected chi connectivity index (χ1v) is 7.24. The van der Waals surface area contributed by atoms with E-state index in [9.17, 15) is 0 Å². The van der Waals surface area contributed by atoms with Crippen molar-refractivity contribution in [3.63, 3.8) is 0 Å². The van der Waals surface area contributed by atoms with Crippen LogP contribution in [0.1, 0.15) is 39.5 Å². The summed E-state index contributed by atoms with van der Waals surface area (Å²) in [5.41, 5.74) is 0.535. The lowest BCUT2D eigenvalue weighted by Crippen LogP contribution is -2.41. The van der Waals surface area contributed by atoms with Crippen LogP contribution in [0.25, 0.3) is 0 Å². The predicted molar refractivity (Wildman–Crippen MR) is 75.4 cm³/mol. The highest BCUT2D eigenvalue weighted by Gasteiger charge is 2.51. The average Bonchev–Trinajstić information content (AvgIpc) is 2.80. The predicted octanol–water partition coefficient (Wildman–Crippen LogP) is 2.58. The van der Waals surface area contributed by atoms with E-state index in [-0.39, 0.29) is 18.3 Å². The van der Waals surface area contributed by atoms with Gasteiger partial charge in [-0.2, -0.15) is 0 Å². The molecule has 1 fully saturated rings. The minimum Gasteiger partial charge on any atom is -0.399 e. The zero-order chi connectivity index (χ0) is 13.4. The molecule has 1 aromatic heterocycles. The molecule has 1 aliphatic heterocycles. The van der Waals surface area contributed by atoms with Crippen molar-refractivity contribution in [3.8, 4) is 0 Å². The van der Waals surface area contributed by atoms with Crippen molar-refractivity contribution in [3.05, 3.63) is 16.3 Å². The summed E-state index contributed by atoms with van der Waals surface area (Å²) in [5, 5.41) is 2.09. The fourth-order valence-corrected chi connectivity index (χ4v) is 2.60. The molecule has 0 radical (unpaired) electrons. The Morgan fingerprint density at radius 2 is 1.83 bits per heavy atom. The molecule has 0 aromatic carbocycles. The molecule has 3 nitrogen and oxygen atoms in total. The summed E-state index contributed by atoms with van der Waals surface area (Å²) >= 11 is 1.69. The van der Waals surface area contributed by atoms with E-state index in [4.69, 9.17) is 14.0 Å². The second-order valence-electron chi connectivity index (χ2n) is 5.57. The largest absolute Gasteiger partial charge is 0.495 e. The van der Waals surface area contributed by atoms with E-state index in [2.05, 4.69) is 39.1 Å². The maximum absolute atomic E-state index is 6.01. The van der Waals surface area contributed by atoms with Gasteiger partial charge in [-0.1, -0.05) is 0 Å². The Bertz CT molecular complexity index is 398. The number of hydrogen-bond donors (Lipinski definition) is 0. The van der Waals surface area contributed by atoms with E-state index in [1.807, 2.05) is 6.92 Å². The molecule has 100 valence electrons. The van der Waals surface area contributed by atoms with Gasteiger partial charge in [-0.15, -0.1) is 11.3 Å². The lowest BCUT2D eigenvalue weighted by Gasteiger charge is -2.32. The van der Waals surface area contributed by atoms with Gasteiger partial charge >= 0.3 is 7.12 Å². The van der Waals surface area contributed by atoms with Gasteiger partial charge in [-0.25, -0.2) is 0 Å². The van der Waals surface area contributed by atoms with Crippen molar-refractivity contribution in [1.29, 1.82) is 0 Å². The van der Waals surface area contributed by atoms with Crippen molar-refractivity contribution in [2.75, 3.05) is 6.61 Å². The summed E-state index contributed by atoms with van der Waals surface area (Å²) in [5.74, 6) is 0. The van der Waals surface area contributed by atoms with E-state index < -0.39 is 0 Å². The van der Waals surface area contributed by atoms with E-state index >= 15 is 0 Å². The van der Waals surface area contributed by atoms with Gasteiger partial charge in [0.05, 0.1) is 17.8 Å². The Balaban J connectivity index is 2.07. The summed E-state index contributed by atoms with van der Waals surface area (Å²) in [6.07, 6.45) is 0. The number of hydrogen-bond acceptors (Lipinski definition) is 4. The highest BCUT2D eigenvalue weighted by molar-refractivity contribution is 7.11. The number of rotatable bonds is 4. The summed E-state index contributed by atoms with van der Waals surface area (Å²) < 4.78 is 17.4. The summed E-state index contributed by atoms with van der Waals surface area (Å²) in [7, 11) is -0.262. The minimum atomic E-state index is -0.278. The Morgan fingerprint density at radius 3 is 2.39 bits per heavy atom. The van der Waals surface area contributed by atoms with Gasteiger partial charge in [0, 0.05) is 11.5 Å². The van der Waals surface area contributed by atoms with Crippen LogP contribution in [0.4, 0.5) is 0 Å². The van der Waals surface area contributed by atoms with E-state index in [1.54, 1.807) is 11.3 Å². The van der Waals surface area contributed by atoms with E-state index in [0.717, 1.165) is 12.1 Å². The van der Waals surface area contributed by atoms with Gasteiger partial charge in [-0.05, 0) is 51.5 Å². The van der Waals surface area contributed by atoms with Crippen LogP contribution >= 0.6 is 11.3 Å². The molecule has 1 saturated heterocycles. The average molecular weight is 268 g/mol. The first-order valence-electron chi connectivity index (χ1n) is 6.36. The first kappa shape index (κ1) is 14.1. The van der Waals surface area contributed by atoms with Gasteiger partial charge in [0.25, 0.3) is 0 Å². The molecule has 0 bridgehead atoms. The lowest BCUT2D eigenvalue weighted by atomic mass is 9.81. The van der Waals surface area contributed by atoms with Crippen molar-refractivity contribution < 1.29 is 14.0 Å². The molecule has 2 heterocycles. The van der Waals surface area contributed by atoms with Crippen LogP contribution in [0.3, 0.4) is 0 Å². The van der Waals surface area contributed by atoms with Crippen molar-refractivity contribution in [1.82, 2.24) is 0 Å². The maximum atomic E-state index is 6.01. The molecular weight excluding hydrogens is 247 g/mol. The molecular formula is C13H21BO3S. The molecule has 0 N–H and O–H groups in total. The summed E-state index contributed by atoms with van der Waals surface area (Å²) in [4.78, 5) is 1.21. The zero-order valence-electron chi connectivity index (χ0n) is 11.8. The van der Waals surface area contributed by atoms with Crippen LogP contribution in [-0.4, -0.2) is 24.9 Å². The third-order valence-corrected chi connectivity index (χ3v) is 4.58. The topological polar surface area (TPSA) is 27.7 Å². The van der Waals surface area contributed by atoms with Gasteiger partial charge in [0.1, 0.15) is 0 Å².